The number of anilines is 2. The highest BCUT2D eigenvalue weighted by Gasteiger charge is 2.21. The molecule has 0 aromatic carbocycles. The Hall–Kier alpha value is -2.94. The average Bonchev–Trinajstić information content (AvgIpc) is 3.21. The molecule has 150 valence electrons. The van der Waals surface area contributed by atoms with Crippen molar-refractivity contribution in [2.45, 2.75) is 39.0 Å². The van der Waals surface area contributed by atoms with Crippen LogP contribution in [0.5, 0.6) is 0 Å². The zero-order valence-electron chi connectivity index (χ0n) is 16.3. The predicted octanol–water partition coefficient (Wildman–Crippen LogP) is 3.59. The number of pyridine rings is 1. The highest BCUT2D eigenvalue weighted by molar-refractivity contribution is 7.15. The van der Waals surface area contributed by atoms with Crippen LogP contribution in [0.15, 0.2) is 30.6 Å². The average molecular weight is 410 g/mol. The molecular formula is C20H23N7OS. The molecule has 0 aliphatic carbocycles. The first-order chi connectivity index (χ1) is 14.2. The number of amides is 1. The molecule has 0 bridgehead atoms. The van der Waals surface area contributed by atoms with E-state index in [4.69, 9.17) is 4.98 Å². The zero-order chi connectivity index (χ0) is 20.1. The number of piperidine rings is 1. The van der Waals surface area contributed by atoms with Crippen LogP contribution in [0.3, 0.4) is 0 Å². The largest absolute Gasteiger partial charge is 0.341 e. The van der Waals surface area contributed by atoms with Crippen LogP contribution < -0.4 is 10.2 Å². The number of hydrogen-bond acceptors (Lipinski definition) is 8. The van der Waals surface area contributed by atoms with Crippen LogP contribution in [-0.4, -0.2) is 44.1 Å². The summed E-state index contributed by atoms with van der Waals surface area (Å²) in [5.41, 5.74) is 1.54. The fourth-order valence-corrected chi connectivity index (χ4v) is 4.10. The van der Waals surface area contributed by atoms with Crippen LogP contribution >= 0.6 is 11.3 Å². The first-order valence-corrected chi connectivity index (χ1v) is 10.7. The van der Waals surface area contributed by atoms with E-state index < -0.39 is 0 Å². The van der Waals surface area contributed by atoms with Gasteiger partial charge in [0.25, 0.3) is 5.91 Å². The quantitative estimate of drug-likeness (QED) is 0.664. The summed E-state index contributed by atoms with van der Waals surface area (Å²) < 4.78 is 0. The number of nitrogens with zero attached hydrogens (tertiary/aromatic N) is 6. The van der Waals surface area contributed by atoms with Crippen molar-refractivity contribution in [3.8, 4) is 11.4 Å². The van der Waals surface area contributed by atoms with Gasteiger partial charge >= 0.3 is 0 Å². The molecule has 1 aliphatic rings. The van der Waals surface area contributed by atoms with Gasteiger partial charge in [-0.05, 0) is 37.8 Å². The van der Waals surface area contributed by atoms with Gasteiger partial charge < -0.3 is 4.90 Å². The summed E-state index contributed by atoms with van der Waals surface area (Å²) in [5.74, 6) is 0.332. The smallest absolute Gasteiger partial charge is 0.261 e. The Kier molecular flexibility index (Phi) is 6.04. The van der Waals surface area contributed by atoms with Gasteiger partial charge in [0.05, 0.1) is 11.3 Å². The van der Waals surface area contributed by atoms with Gasteiger partial charge in [0.15, 0.2) is 0 Å². The molecule has 3 aromatic rings. The lowest BCUT2D eigenvalue weighted by molar-refractivity contribution is 0.102. The molecule has 0 radical (unpaired) electrons. The standard InChI is InChI=1S/C20H23N7OS/c1-2-8-16-25-26-20(29-16)24-18(28)14-13-22-19(27-11-6-3-7-12-27)23-17(14)15-9-4-5-10-21-15/h4-5,9-10,13H,2-3,6-8,11-12H2,1H3,(H,24,26,28). The van der Waals surface area contributed by atoms with E-state index in [0.717, 1.165) is 43.8 Å². The van der Waals surface area contributed by atoms with Crippen molar-refractivity contribution in [3.63, 3.8) is 0 Å². The van der Waals surface area contributed by atoms with Gasteiger partial charge in [0.2, 0.25) is 11.1 Å². The van der Waals surface area contributed by atoms with E-state index in [1.807, 2.05) is 18.2 Å². The topological polar surface area (TPSA) is 96.8 Å². The number of hydrogen-bond donors (Lipinski definition) is 1. The van der Waals surface area contributed by atoms with Crippen molar-refractivity contribution in [2.24, 2.45) is 0 Å². The maximum absolute atomic E-state index is 13.0. The van der Waals surface area contributed by atoms with E-state index in [1.54, 1.807) is 12.4 Å². The minimum absolute atomic E-state index is 0.310. The third-order valence-corrected chi connectivity index (χ3v) is 5.62. The maximum atomic E-state index is 13.0. The van der Waals surface area contributed by atoms with Gasteiger partial charge in [-0.15, -0.1) is 10.2 Å². The van der Waals surface area contributed by atoms with E-state index in [9.17, 15) is 4.79 Å². The van der Waals surface area contributed by atoms with Crippen molar-refractivity contribution >= 4 is 28.3 Å². The first-order valence-electron chi connectivity index (χ1n) is 9.91. The second kappa shape index (κ2) is 9.04. The number of nitrogens with one attached hydrogen (secondary N) is 1. The summed E-state index contributed by atoms with van der Waals surface area (Å²) in [6.07, 6.45) is 8.60. The Morgan fingerprint density at radius 1 is 1.17 bits per heavy atom. The number of rotatable bonds is 6. The van der Waals surface area contributed by atoms with E-state index in [2.05, 4.69) is 37.3 Å². The normalized spacial score (nSPS) is 14.0. The van der Waals surface area contributed by atoms with Crippen LogP contribution in [-0.2, 0) is 6.42 Å². The van der Waals surface area contributed by atoms with Gasteiger partial charge in [0, 0.05) is 31.9 Å². The number of aromatic nitrogens is 5. The number of aryl methyl sites for hydroxylation is 1. The van der Waals surface area contributed by atoms with Gasteiger partial charge in [-0.3, -0.25) is 15.1 Å². The molecular weight excluding hydrogens is 386 g/mol. The molecule has 1 amide bonds. The fourth-order valence-electron chi connectivity index (χ4n) is 3.27. The Bertz CT molecular complexity index is 970. The minimum Gasteiger partial charge on any atom is -0.341 e. The third-order valence-electron chi connectivity index (χ3n) is 4.72. The summed E-state index contributed by atoms with van der Waals surface area (Å²) >= 11 is 1.39. The molecule has 0 spiro atoms. The predicted molar refractivity (Wildman–Crippen MR) is 113 cm³/mol. The lowest BCUT2D eigenvalue weighted by Gasteiger charge is -2.27. The molecule has 0 atom stereocenters. The lowest BCUT2D eigenvalue weighted by atomic mass is 10.1. The second-order valence-corrected chi connectivity index (χ2v) is 7.96. The van der Waals surface area contributed by atoms with Crippen LogP contribution in [0.25, 0.3) is 11.4 Å². The van der Waals surface area contributed by atoms with E-state index >= 15 is 0 Å². The van der Waals surface area contributed by atoms with Crippen molar-refractivity contribution in [2.75, 3.05) is 23.3 Å². The van der Waals surface area contributed by atoms with Crippen molar-refractivity contribution in [1.29, 1.82) is 0 Å². The Labute approximate surface area is 173 Å². The molecule has 8 nitrogen and oxygen atoms in total. The van der Waals surface area contributed by atoms with E-state index in [1.165, 1.54) is 17.8 Å². The Morgan fingerprint density at radius 3 is 2.79 bits per heavy atom. The Balaban J connectivity index is 1.64. The SMILES string of the molecule is CCCc1nnc(NC(=O)c2cnc(N3CCCCC3)nc2-c2ccccn2)s1. The molecule has 4 heterocycles. The summed E-state index contributed by atoms with van der Waals surface area (Å²) in [4.78, 5) is 28.7. The highest BCUT2D eigenvalue weighted by Crippen LogP contribution is 2.25. The number of carbonyl (C=O) groups excluding carboxylic acids is 1. The van der Waals surface area contributed by atoms with Crippen LogP contribution in [0.2, 0.25) is 0 Å². The van der Waals surface area contributed by atoms with Crippen LogP contribution in [0.4, 0.5) is 11.1 Å². The second-order valence-electron chi connectivity index (χ2n) is 6.90. The molecule has 3 aromatic heterocycles. The molecule has 1 saturated heterocycles. The van der Waals surface area contributed by atoms with Gasteiger partial charge in [-0.2, -0.15) is 0 Å². The van der Waals surface area contributed by atoms with Crippen LogP contribution in [0.1, 0.15) is 48.0 Å². The van der Waals surface area contributed by atoms with E-state index in [0.29, 0.717) is 28.0 Å². The highest BCUT2D eigenvalue weighted by atomic mass is 32.1. The van der Waals surface area contributed by atoms with Crippen molar-refractivity contribution < 1.29 is 4.79 Å². The molecule has 1 fully saturated rings. The molecule has 0 saturated carbocycles. The van der Waals surface area contributed by atoms with E-state index in [-0.39, 0.29) is 5.91 Å². The summed E-state index contributed by atoms with van der Waals surface area (Å²) in [5, 5.41) is 12.4. The van der Waals surface area contributed by atoms with Crippen molar-refractivity contribution in [3.05, 3.63) is 41.2 Å². The minimum atomic E-state index is -0.310. The summed E-state index contributed by atoms with van der Waals surface area (Å²) in [6.45, 7) is 3.94. The molecule has 1 aliphatic heterocycles. The monoisotopic (exact) mass is 409 g/mol. The summed E-state index contributed by atoms with van der Waals surface area (Å²) in [6, 6.07) is 5.57. The molecule has 29 heavy (non-hydrogen) atoms. The third kappa shape index (κ3) is 4.56. The fraction of sp³-hybridized carbons (Fsp3) is 0.400. The number of carbonyl (C=O) groups is 1. The molecule has 1 N–H and O–H groups in total. The maximum Gasteiger partial charge on any atom is 0.261 e. The zero-order valence-corrected chi connectivity index (χ0v) is 17.2. The molecule has 4 rings (SSSR count). The molecule has 0 unspecified atom stereocenters. The van der Waals surface area contributed by atoms with Crippen molar-refractivity contribution in [1.82, 2.24) is 25.1 Å². The van der Waals surface area contributed by atoms with Gasteiger partial charge in [-0.1, -0.05) is 24.3 Å². The first kappa shape index (κ1) is 19.4. The summed E-state index contributed by atoms with van der Waals surface area (Å²) in [7, 11) is 0. The van der Waals surface area contributed by atoms with Crippen LogP contribution in [0, 0.1) is 0 Å². The Morgan fingerprint density at radius 2 is 2.03 bits per heavy atom. The van der Waals surface area contributed by atoms with Gasteiger partial charge in [0.1, 0.15) is 10.7 Å². The van der Waals surface area contributed by atoms with Gasteiger partial charge in [-0.25, -0.2) is 9.97 Å². The lowest BCUT2D eigenvalue weighted by Crippen LogP contribution is -2.31. The molecule has 9 heteroatoms.